The minimum absolute atomic E-state index is 0.0457. The number of benzene rings is 2. The number of rotatable bonds is 7. The van der Waals surface area contributed by atoms with Crippen molar-refractivity contribution in [3.8, 4) is 6.07 Å². The zero-order chi connectivity index (χ0) is 22.4. The number of carbonyl (C=O) groups is 1. The van der Waals surface area contributed by atoms with E-state index < -0.39 is 5.54 Å². The second kappa shape index (κ2) is 9.80. The lowest BCUT2D eigenvalue weighted by Gasteiger charge is -2.36. The number of imidazole rings is 1. The van der Waals surface area contributed by atoms with Crippen molar-refractivity contribution in [1.29, 1.82) is 5.26 Å². The van der Waals surface area contributed by atoms with Crippen LogP contribution >= 0.6 is 0 Å². The molecule has 6 heteroatoms. The van der Waals surface area contributed by atoms with Crippen molar-refractivity contribution in [2.45, 2.75) is 38.3 Å². The van der Waals surface area contributed by atoms with E-state index >= 15 is 0 Å². The Bertz CT molecular complexity index is 1060. The number of piperidine rings is 1. The van der Waals surface area contributed by atoms with Crippen LogP contribution in [0.3, 0.4) is 0 Å². The van der Waals surface area contributed by atoms with Crippen molar-refractivity contribution in [2.24, 2.45) is 5.92 Å². The number of hydrogen-bond acceptors (Lipinski definition) is 4. The number of carbonyl (C=O) groups excluding carboxylic acids is 1. The first-order valence-electron chi connectivity index (χ1n) is 11.1. The molecule has 6 nitrogen and oxygen atoms in total. The summed E-state index contributed by atoms with van der Waals surface area (Å²) in [5.74, 6) is 0.0316. The lowest BCUT2D eigenvalue weighted by atomic mass is 9.87. The van der Waals surface area contributed by atoms with E-state index in [2.05, 4.69) is 50.5 Å². The summed E-state index contributed by atoms with van der Waals surface area (Å²) >= 11 is 0. The molecule has 0 saturated carbocycles. The number of hydrogen-bond donors (Lipinski definition) is 2. The van der Waals surface area contributed by atoms with Crippen LogP contribution in [0.25, 0.3) is 0 Å². The van der Waals surface area contributed by atoms with Gasteiger partial charge in [-0.15, -0.1) is 0 Å². The van der Waals surface area contributed by atoms with Gasteiger partial charge in [-0.2, -0.15) is 5.26 Å². The maximum atomic E-state index is 13.4. The Morgan fingerprint density at radius 1 is 1.22 bits per heavy atom. The molecule has 0 bridgehead atoms. The van der Waals surface area contributed by atoms with E-state index in [0.717, 1.165) is 43.7 Å². The average molecular weight is 428 g/mol. The summed E-state index contributed by atoms with van der Waals surface area (Å²) in [4.78, 5) is 23.1. The van der Waals surface area contributed by atoms with Crippen LogP contribution in [0.4, 0.5) is 0 Å². The van der Waals surface area contributed by atoms with Gasteiger partial charge in [-0.25, -0.2) is 4.98 Å². The summed E-state index contributed by atoms with van der Waals surface area (Å²) in [6, 6.07) is 20.1. The smallest absolute Gasteiger partial charge is 0.225 e. The molecule has 164 valence electrons. The Kier molecular flexibility index (Phi) is 6.67. The minimum atomic E-state index is -0.622. The predicted octanol–water partition coefficient (Wildman–Crippen LogP) is 3.77. The zero-order valence-electron chi connectivity index (χ0n) is 18.4. The fraction of sp³-hybridized carbons (Fsp3) is 0.346. The number of amides is 1. The fourth-order valence-corrected chi connectivity index (χ4v) is 4.50. The Balaban J connectivity index is 1.46. The standard InChI is InChI=1S/C26H29N5O/c1-26(24-16-28-19-29-24,14-20-9-11-21(15-27)12-10-20)30-25(32)23-8-5-13-31(18-23)17-22-6-3-2-4-7-22/h2-4,6-7,9-12,16,19,23H,5,8,13-14,17-18H2,1H3,(H,28,29)(H,30,32). The van der Waals surface area contributed by atoms with Gasteiger partial charge in [0.05, 0.1) is 41.3 Å². The van der Waals surface area contributed by atoms with Gasteiger partial charge in [0, 0.05) is 19.5 Å². The quantitative estimate of drug-likeness (QED) is 0.601. The Morgan fingerprint density at radius 3 is 2.69 bits per heavy atom. The molecule has 0 aliphatic carbocycles. The highest BCUT2D eigenvalue weighted by Crippen LogP contribution is 2.26. The molecule has 1 aliphatic rings. The third-order valence-corrected chi connectivity index (χ3v) is 6.26. The third-order valence-electron chi connectivity index (χ3n) is 6.26. The van der Waals surface area contributed by atoms with Gasteiger partial charge in [-0.1, -0.05) is 42.5 Å². The number of likely N-dealkylation sites (tertiary alicyclic amines) is 1. The summed E-state index contributed by atoms with van der Waals surface area (Å²) < 4.78 is 0. The fourth-order valence-electron chi connectivity index (χ4n) is 4.50. The average Bonchev–Trinajstić information content (AvgIpc) is 3.36. The normalized spacial score (nSPS) is 18.4. The molecule has 4 rings (SSSR count). The molecule has 0 spiro atoms. The van der Waals surface area contributed by atoms with Crippen molar-refractivity contribution in [1.82, 2.24) is 20.2 Å². The van der Waals surface area contributed by atoms with Crippen LogP contribution < -0.4 is 5.32 Å². The van der Waals surface area contributed by atoms with Crippen LogP contribution in [-0.2, 0) is 23.3 Å². The van der Waals surface area contributed by atoms with Crippen LogP contribution in [-0.4, -0.2) is 33.9 Å². The highest BCUT2D eigenvalue weighted by Gasteiger charge is 2.34. The number of aromatic amines is 1. The van der Waals surface area contributed by atoms with Crippen molar-refractivity contribution < 1.29 is 4.79 Å². The molecule has 2 heterocycles. The second-order valence-corrected chi connectivity index (χ2v) is 8.83. The molecule has 2 N–H and O–H groups in total. The summed E-state index contributed by atoms with van der Waals surface area (Å²) in [7, 11) is 0. The molecule has 1 aromatic heterocycles. The minimum Gasteiger partial charge on any atom is -0.347 e. The van der Waals surface area contributed by atoms with Crippen molar-refractivity contribution in [3.63, 3.8) is 0 Å². The van der Waals surface area contributed by atoms with E-state index in [1.807, 2.05) is 37.3 Å². The van der Waals surface area contributed by atoms with Crippen LogP contribution in [0, 0.1) is 17.2 Å². The maximum absolute atomic E-state index is 13.4. The van der Waals surface area contributed by atoms with Gasteiger partial charge in [0.25, 0.3) is 0 Å². The van der Waals surface area contributed by atoms with Crippen LogP contribution in [0.2, 0.25) is 0 Å². The molecule has 2 aromatic carbocycles. The SMILES string of the molecule is CC(Cc1ccc(C#N)cc1)(NC(=O)C1CCCN(Cc2ccccc2)C1)c1cnc[nH]1. The highest BCUT2D eigenvalue weighted by molar-refractivity contribution is 5.80. The van der Waals surface area contributed by atoms with Crippen molar-refractivity contribution in [2.75, 3.05) is 13.1 Å². The molecule has 32 heavy (non-hydrogen) atoms. The Hall–Kier alpha value is -3.43. The molecule has 1 fully saturated rings. The third kappa shape index (κ3) is 5.24. The summed E-state index contributed by atoms with van der Waals surface area (Å²) in [6.45, 7) is 4.67. The second-order valence-electron chi connectivity index (χ2n) is 8.83. The summed E-state index contributed by atoms with van der Waals surface area (Å²) in [5, 5.41) is 12.4. The van der Waals surface area contributed by atoms with Crippen LogP contribution in [0.5, 0.6) is 0 Å². The van der Waals surface area contributed by atoms with Crippen LogP contribution in [0.1, 0.15) is 42.1 Å². The number of nitrogens with one attached hydrogen (secondary N) is 2. The van der Waals surface area contributed by atoms with Crippen molar-refractivity contribution in [3.05, 3.63) is 89.5 Å². The van der Waals surface area contributed by atoms with Crippen LogP contribution in [0.15, 0.2) is 67.1 Å². The largest absolute Gasteiger partial charge is 0.347 e. The lowest BCUT2D eigenvalue weighted by Crippen LogP contribution is -2.51. The van der Waals surface area contributed by atoms with E-state index in [9.17, 15) is 4.79 Å². The van der Waals surface area contributed by atoms with Gasteiger partial charge in [0.2, 0.25) is 5.91 Å². The zero-order valence-corrected chi connectivity index (χ0v) is 18.4. The molecule has 2 atom stereocenters. The Morgan fingerprint density at radius 2 is 2.00 bits per heavy atom. The monoisotopic (exact) mass is 427 g/mol. The molecular formula is C26H29N5O. The molecular weight excluding hydrogens is 398 g/mol. The lowest BCUT2D eigenvalue weighted by molar-refractivity contribution is -0.128. The van der Waals surface area contributed by atoms with Gasteiger partial charge < -0.3 is 10.3 Å². The molecule has 1 amide bonds. The first kappa shape index (κ1) is 21.8. The van der Waals surface area contributed by atoms with E-state index in [-0.39, 0.29) is 11.8 Å². The molecule has 1 aliphatic heterocycles. The van der Waals surface area contributed by atoms with E-state index in [0.29, 0.717) is 12.0 Å². The summed E-state index contributed by atoms with van der Waals surface area (Å²) in [5.41, 5.74) is 3.20. The topological polar surface area (TPSA) is 84.8 Å². The summed E-state index contributed by atoms with van der Waals surface area (Å²) in [6.07, 6.45) is 5.93. The van der Waals surface area contributed by atoms with Gasteiger partial charge in [0.1, 0.15) is 0 Å². The van der Waals surface area contributed by atoms with E-state index in [4.69, 9.17) is 5.26 Å². The van der Waals surface area contributed by atoms with Crippen molar-refractivity contribution >= 4 is 5.91 Å². The number of nitrogens with zero attached hydrogens (tertiary/aromatic N) is 3. The molecule has 2 unspecified atom stereocenters. The van der Waals surface area contributed by atoms with Gasteiger partial charge >= 0.3 is 0 Å². The first-order valence-corrected chi connectivity index (χ1v) is 11.1. The Labute approximate surface area is 189 Å². The number of nitriles is 1. The number of H-pyrrole nitrogens is 1. The number of aromatic nitrogens is 2. The van der Waals surface area contributed by atoms with E-state index in [1.165, 1.54) is 5.56 Å². The molecule has 3 aromatic rings. The molecule has 1 saturated heterocycles. The molecule has 0 radical (unpaired) electrons. The van der Waals surface area contributed by atoms with Gasteiger partial charge in [-0.3, -0.25) is 9.69 Å². The predicted molar refractivity (Wildman–Crippen MR) is 123 cm³/mol. The van der Waals surface area contributed by atoms with E-state index in [1.54, 1.807) is 12.5 Å². The first-order chi connectivity index (χ1) is 15.6. The highest BCUT2D eigenvalue weighted by atomic mass is 16.2. The maximum Gasteiger partial charge on any atom is 0.225 e. The van der Waals surface area contributed by atoms with Gasteiger partial charge in [-0.05, 0) is 49.6 Å². The van der Waals surface area contributed by atoms with Gasteiger partial charge in [0.15, 0.2) is 0 Å².